The average Bonchev–Trinajstić information content (AvgIpc) is 3.11. The summed E-state index contributed by atoms with van der Waals surface area (Å²) in [4.78, 5) is 30.4. The SMILES string of the molecule is CSc1ncc(C(=O)OCC(=O)N2CCOCC2)n1-c1ccc(F)cc1. The van der Waals surface area contributed by atoms with Crippen molar-refractivity contribution in [3.05, 3.63) is 42.0 Å². The number of hydrogen-bond donors (Lipinski definition) is 0. The van der Waals surface area contributed by atoms with Gasteiger partial charge in [-0.2, -0.15) is 0 Å². The molecule has 138 valence electrons. The Morgan fingerprint density at radius 3 is 2.62 bits per heavy atom. The van der Waals surface area contributed by atoms with Crippen molar-refractivity contribution in [1.29, 1.82) is 0 Å². The third-order valence-electron chi connectivity index (χ3n) is 3.90. The van der Waals surface area contributed by atoms with Gasteiger partial charge in [0.05, 0.1) is 19.4 Å². The molecule has 1 aliphatic heterocycles. The van der Waals surface area contributed by atoms with Crippen LogP contribution in [0.25, 0.3) is 5.69 Å². The van der Waals surface area contributed by atoms with E-state index >= 15 is 0 Å². The molecule has 7 nitrogen and oxygen atoms in total. The van der Waals surface area contributed by atoms with Gasteiger partial charge >= 0.3 is 5.97 Å². The van der Waals surface area contributed by atoms with Crippen LogP contribution in [0.15, 0.2) is 35.6 Å². The summed E-state index contributed by atoms with van der Waals surface area (Å²) < 4.78 is 25.1. The van der Waals surface area contributed by atoms with Gasteiger partial charge in [-0.3, -0.25) is 9.36 Å². The Morgan fingerprint density at radius 2 is 1.96 bits per heavy atom. The van der Waals surface area contributed by atoms with Crippen molar-refractivity contribution in [2.45, 2.75) is 5.16 Å². The minimum absolute atomic E-state index is 0.177. The third-order valence-corrected chi connectivity index (χ3v) is 4.55. The topological polar surface area (TPSA) is 73.7 Å². The van der Waals surface area contributed by atoms with Crippen LogP contribution < -0.4 is 0 Å². The van der Waals surface area contributed by atoms with Crippen LogP contribution in [-0.2, 0) is 14.3 Å². The average molecular weight is 379 g/mol. The second kappa shape index (κ2) is 8.33. The number of nitrogens with zero attached hydrogens (tertiary/aromatic N) is 3. The molecule has 9 heteroatoms. The quantitative estimate of drug-likeness (QED) is 0.582. The predicted molar refractivity (Wildman–Crippen MR) is 93.0 cm³/mol. The summed E-state index contributed by atoms with van der Waals surface area (Å²) in [5, 5.41) is 0.558. The molecule has 1 fully saturated rings. The van der Waals surface area contributed by atoms with Gasteiger partial charge in [0.25, 0.3) is 5.91 Å². The van der Waals surface area contributed by atoms with E-state index in [0.29, 0.717) is 37.1 Å². The summed E-state index contributed by atoms with van der Waals surface area (Å²) in [5.41, 5.74) is 0.760. The number of thioether (sulfide) groups is 1. The van der Waals surface area contributed by atoms with Crippen LogP contribution in [0.1, 0.15) is 10.5 Å². The summed E-state index contributed by atoms with van der Waals surface area (Å²) in [7, 11) is 0. The van der Waals surface area contributed by atoms with E-state index in [-0.39, 0.29) is 24.0 Å². The number of halogens is 1. The first-order chi connectivity index (χ1) is 12.6. The molecular weight excluding hydrogens is 361 g/mol. The molecule has 3 rings (SSSR count). The number of imidazole rings is 1. The van der Waals surface area contributed by atoms with E-state index in [1.165, 1.54) is 30.1 Å². The zero-order valence-corrected chi connectivity index (χ0v) is 15.0. The zero-order valence-electron chi connectivity index (χ0n) is 14.2. The van der Waals surface area contributed by atoms with Crippen LogP contribution in [0.2, 0.25) is 0 Å². The van der Waals surface area contributed by atoms with Crippen LogP contribution in [0.5, 0.6) is 0 Å². The van der Waals surface area contributed by atoms with Crippen LogP contribution >= 0.6 is 11.8 Å². The van der Waals surface area contributed by atoms with Crippen LogP contribution in [0.3, 0.4) is 0 Å². The number of rotatable bonds is 5. The van der Waals surface area contributed by atoms with Gasteiger partial charge in [0, 0.05) is 18.8 Å². The van der Waals surface area contributed by atoms with E-state index in [1.54, 1.807) is 21.6 Å². The van der Waals surface area contributed by atoms with Crippen molar-refractivity contribution >= 4 is 23.6 Å². The number of carbonyl (C=O) groups is 2. The Kier molecular flexibility index (Phi) is 5.89. The molecule has 2 aromatic rings. The number of aromatic nitrogens is 2. The maximum Gasteiger partial charge on any atom is 0.357 e. The van der Waals surface area contributed by atoms with E-state index in [0.717, 1.165) is 0 Å². The van der Waals surface area contributed by atoms with Gasteiger partial charge < -0.3 is 14.4 Å². The summed E-state index contributed by atoms with van der Waals surface area (Å²) in [5.74, 6) is -1.30. The second-order valence-corrected chi connectivity index (χ2v) is 6.28. The molecule has 0 bridgehead atoms. The molecule has 1 aliphatic rings. The summed E-state index contributed by atoms with van der Waals surface area (Å²) in [6.45, 7) is 1.59. The minimum atomic E-state index is -0.663. The zero-order chi connectivity index (χ0) is 18.5. The number of ether oxygens (including phenoxy) is 2. The normalized spacial score (nSPS) is 14.3. The summed E-state index contributed by atoms with van der Waals surface area (Å²) in [6, 6.07) is 5.70. The summed E-state index contributed by atoms with van der Waals surface area (Å²) in [6.07, 6.45) is 3.20. The van der Waals surface area contributed by atoms with E-state index in [4.69, 9.17) is 9.47 Å². The second-order valence-electron chi connectivity index (χ2n) is 5.51. The monoisotopic (exact) mass is 379 g/mol. The molecular formula is C17H18FN3O4S. The molecule has 1 amide bonds. The van der Waals surface area contributed by atoms with Crippen molar-refractivity contribution in [1.82, 2.24) is 14.5 Å². The highest BCUT2D eigenvalue weighted by Gasteiger charge is 2.22. The van der Waals surface area contributed by atoms with Crippen LogP contribution in [-0.4, -0.2) is 65.5 Å². The number of esters is 1. The van der Waals surface area contributed by atoms with Gasteiger partial charge in [0.2, 0.25) is 0 Å². The van der Waals surface area contributed by atoms with E-state index in [1.807, 2.05) is 6.26 Å². The molecule has 0 unspecified atom stereocenters. The van der Waals surface area contributed by atoms with Crippen molar-refractivity contribution in [2.24, 2.45) is 0 Å². The first-order valence-electron chi connectivity index (χ1n) is 8.00. The first-order valence-corrected chi connectivity index (χ1v) is 9.23. The molecule has 2 heterocycles. The third kappa shape index (κ3) is 4.05. The Morgan fingerprint density at radius 1 is 1.27 bits per heavy atom. The van der Waals surface area contributed by atoms with Gasteiger partial charge in [-0.1, -0.05) is 11.8 Å². The fourth-order valence-electron chi connectivity index (χ4n) is 2.57. The highest BCUT2D eigenvalue weighted by molar-refractivity contribution is 7.98. The molecule has 0 N–H and O–H groups in total. The van der Waals surface area contributed by atoms with E-state index in [2.05, 4.69) is 4.98 Å². The van der Waals surface area contributed by atoms with Gasteiger partial charge in [0.15, 0.2) is 17.5 Å². The predicted octanol–water partition coefficient (Wildman–Crippen LogP) is 1.75. The molecule has 1 aromatic heterocycles. The van der Waals surface area contributed by atoms with Gasteiger partial charge in [-0.25, -0.2) is 14.2 Å². The molecule has 0 spiro atoms. The van der Waals surface area contributed by atoms with Gasteiger partial charge in [-0.15, -0.1) is 0 Å². The molecule has 0 radical (unpaired) electrons. The van der Waals surface area contributed by atoms with Gasteiger partial charge in [-0.05, 0) is 30.5 Å². The largest absolute Gasteiger partial charge is 0.451 e. The smallest absolute Gasteiger partial charge is 0.357 e. The van der Waals surface area contributed by atoms with Crippen LogP contribution in [0.4, 0.5) is 4.39 Å². The van der Waals surface area contributed by atoms with E-state index < -0.39 is 5.97 Å². The van der Waals surface area contributed by atoms with Crippen molar-refractivity contribution < 1.29 is 23.5 Å². The lowest BCUT2D eigenvalue weighted by atomic mass is 10.3. The number of morpholine rings is 1. The number of carbonyl (C=O) groups excluding carboxylic acids is 2. The Balaban J connectivity index is 1.74. The van der Waals surface area contributed by atoms with Crippen molar-refractivity contribution in [3.63, 3.8) is 0 Å². The molecule has 0 saturated carbocycles. The number of amides is 1. The van der Waals surface area contributed by atoms with Crippen LogP contribution in [0, 0.1) is 5.82 Å². The Bertz CT molecular complexity index is 788. The van der Waals surface area contributed by atoms with Crippen molar-refractivity contribution in [2.75, 3.05) is 39.2 Å². The standard InChI is InChI=1S/C17H18FN3O4S/c1-26-17-19-10-14(21(17)13-4-2-12(18)3-5-13)16(23)25-11-15(22)20-6-8-24-9-7-20/h2-5,10H,6-9,11H2,1H3. The molecule has 1 saturated heterocycles. The number of hydrogen-bond acceptors (Lipinski definition) is 6. The highest BCUT2D eigenvalue weighted by Crippen LogP contribution is 2.22. The minimum Gasteiger partial charge on any atom is -0.451 e. The highest BCUT2D eigenvalue weighted by atomic mass is 32.2. The molecule has 0 atom stereocenters. The first kappa shape index (κ1) is 18.4. The fourth-order valence-corrected chi connectivity index (χ4v) is 3.11. The maximum absolute atomic E-state index is 13.2. The van der Waals surface area contributed by atoms with E-state index in [9.17, 15) is 14.0 Å². The maximum atomic E-state index is 13.2. The Labute approximate surface area is 154 Å². The Hall–Kier alpha value is -2.39. The molecule has 26 heavy (non-hydrogen) atoms. The lowest BCUT2D eigenvalue weighted by Gasteiger charge is -2.26. The van der Waals surface area contributed by atoms with Gasteiger partial charge in [0.1, 0.15) is 5.82 Å². The molecule has 1 aromatic carbocycles. The lowest BCUT2D eigenvalue weighted by molar-refractivity contribution is -0.138. The summed E-state index contributed by atoms with van der Waals surface area (Å²) >= 11 is 1.34. The fraction of sp³-hybridized carbons (Fsp3) is 0.353. The lowest BCUT2D eigenvalue weighted by Crippen LogP contribution is -2.42. The number of benzene rings is 1. The molecule has 0 aliphatic carbocycles. The van der Waals surface area contributed by atoms with Crippen molar-refractivity contribution in [3.8, 4) is 5.69 Å².